The Labute approximate surface area is 125 Å². The fraction of sp³-hybridized carbons (Fsp3) is 0.533. The van der Waals surface area contributed by atoms with Gasteiger partial charge in [0.15, 0.2) is 0 Å². The lowest BCUT2D eigenvalue weighted by atomic mass is 9.87. The van der Waals surface area contributed by atoms with Crippen molar-refractivity contribution in [3.05, 3.63) is 30.3 Å². The van der Waals surface area contributed by atoms with Crippen molar-refractivity contribution in [1.82, 2.24) is 5.32 Å². The van der Waals surface area contributed by atoms with Crippen LogP contribution in [0.25, 0.3) is 0 Å². The molecule has 0 radical (unpaired) electrons. The van der Waals surface area contributed by atoms with Crippen molar-refractivity contribution < 1.29 is 25.2 Å². The van der Waals surface area contributed by atoms with Gasteiger partial charge in [0.25, 0.3) is 0 Å². The minimum absolute atomic E-state index is 0.000230. The van der Waals surface area contributed by atoms with Crippen molar-refractivity contribution in [2.45, 2.75) is 26.4 Å². The normalized spacial score (nSPS) is 12.0. The molecule has 120 valence electrons. The fourth-order valence-corrected chi connectivity index (χ4v) is 1.26. The number of carbonyl (C=O) groups excluding carboxylic acids is 1. The lowest BCUT2D eigenvalue weighted by molar-refractivity contribution is -0.137. The summed E-state index contributed by atoms with van der Waals surface area (Å²) < 4.78 is 0. The van der Waals surface area contributed by atoms with Crippen molar-refractivity contribution in [1.29, 1.82) is 0 Å². The average molecular weight is 299 g/mol. The Bertz CT molecular complexity index is 394. The third-order valence-corrected chi connectivity index (χ3v) is 2.79. The Morgan fingerprint density at radius 1 is 1.24 bits per heavy atom. The fourth-order valence-electron chi connectivity index (χ4n) is 1.26. The Morgan fingerprint density at radius 2 is 1.81 bits per heavy atom. The molecule has 0 saturated heterocycles. The van der Waals surface area contributed by atoms with Crippen LogP contribution in [0.1, 0.15) is 20.3 Å². The zero-order chi connectivity index (χ0) is 16.3. The number of aliphatic hydroxyl groups is 3. The first-order valence-corrected chi connectivity index (χ1v) is 6.76. The SMILES string of the molecule is CC(C)(CO)C(O)C(=O)NCCCO.Oc1ccccc1. The van der Waals surface area contributed by atoms with Gasteiger partial charge >= 0.3 is 0 Å². The summed E-state index contributed by atoms with van der Waals surface area (Å²) in [6.07, 6.45) is -0.774. The zero-order valence-corrected chi connectivity index (χ0v) is 12.5. The van der Waals surface area contributed by atoms with Crippen LogP contribution in [0.5, 0.6) is 5.75 Å². The van der Waals surface area contributed by atoms with Crippen LogP contribution in [0.15, 0.2) is 30.3 Å². The molecule has 0 aliphatic carbocycles. The Hall–Kier alpha value is -1.63. The van der Waals surface area contributed by atoms with Gasteiger partial charge in [-0.05, 0) is 18.6 Å². The van der Waals surface area contributed by atoms with Crippen LogP contribution in [0.2, 0.25) is 0 Å². The van der Waals surface area contributed by atoms with E-state index >= 15 is 0 Å². The number of hydrogen-bond donors (Lipinski definition) is 5. The predicted molar refractivity (Wildman–Crippen MR) is 79.7 cm³/mol. The number of hydrogen-bond acceptors (Lipinski definition) is 5. The quantitative estimate of drug-likeness (QED) is 0.484. The number of aliphatic hydroxyl groups excluding tert-OH is 3. The molecule has 0 aromatic heterocycles. The molecular weight excluding hydrogens is 274 g/mol. The highest BCUT2D eigenvalue weighted by Gasteiger charge is 2.32. The Balaban J connectivity index is 0.000000471. The molecule has 1 unspecified atom stereocenters. The van der Waals surface area contributed by atoms with Gasteiger partial charge in [-0.3, -0.25) is 4.79 Å². The summed E-state index contributed by atoms with van der Waals surface area (Å²) in [4.78, 5) is 11.3. The molecule has 1 aromatic rings. The maximum Gasteiger partial charge on any atom is 0.249 e. The number of nitrogens with one attached hydrogen (secondary N) is 1. The topological polar surface area (TPSA) is 110 Å². The summed E-state index contributed by atoms with van der Waals surface area (Å²) in [5.74, 6) is -0.194. The molecule has 21 heavy (non-hydrogen) atoms. The van der Waals surface area contributed by atoms with Crippen LogP contribution in [0, 0.1) is 5.41 Å². The van der Waals surface area contributed by atoms with E-state index < -0.39 is 17.4 Å². The van der Waals surface area contributed by atoms with Crippen LogP contribution in [-0.4, -0.2) is 52.2 Å². The summed E-state index contributed by atoms with van der Waals surface area (Å²) in [6.45, 7) is 3.27. The summed E-state index contributed by atoms with van der Waals surface area (Å²) in [7, 11) is 0. The lowest BCUT2D eigenvalue weighted by Gasteiger charge is -2.27. The van der Waals surface area contributed by atoms with Gasteiger partial charge in [0.2, 0.25) is 5.91 Å². The summed E-state index contributed by atoms with van der Waals surface area (Å²) in [5, 5.41) is 38.0. The highest BCUT2D eigenvalue weighted by atomic mass is 16.3. The van der Waals surface area contributed by atoms with Crippen LogP contribution in [-0.2, 0) is 4.79 Å². The van der Waals surface area contributed by atoms with E-state index in [0.29, 0.717) is 18.7 Å². The molecule has 0 bridgehead atoms. The van der Waals surface area contributed by atoms with Crippen molar-refractivity contribution in [2.75, 3.05) is 19.8 Å². The highest BCUT2D eigenvalue weighted by molar-refractivity contribution is 5.81. The zero-order valence-electron chi connectivity index (χ0n) is 12.5. The number of rotatable bonds is 6. The summed E-state index contributed by atoms with van der Waals surface area (Å²) in [6, 6.07) is 8.71. The molecule has 6 heteroatoms. The van der Waals surface area contributed by atoms with Gasteiger partial charge in [0.1, 0.15) is 11.9 Å². The van der Waals surface area contributed by atoms with Gasteiger partial charge < -0.3 is 25.7 Å². The number of carbonyl (C=O) groups is 1. The smallest absolute Gasteiger partial charge is 0.249 e. The van der Waals surface area contributed by atoms with Crippen LogP contribution < -0.4 is 5.32 Å². The molecule has 0 heterocycles. The number of aromatic hydroxyl groups is 1. The maximum atomic E-state index is 11.3. The number of amides is 1. The molecule has 0 spiro atoms. The second kappa shape index (κ2) is 10.1. The molecule has 1 aromatic carbocycles. The number of benzene rings is 1. The summed E-state index contributed by atoms with van der Waals surface area (Å²) >= 11 is 0. The van der Waals surface area contributed by atoms with Crippen LogP contribution in [0.3, 0.4) is 0 Å². The maximum absolute atomic E-state index is 11.3. The molecule has 5 N–H and O–H groups in total. The first-order valence-electron chi connectivity index (χ1n) is 6.76. The first-order chi connectivity index (χ1) is 9.85. The lowest BCUT2D eigenvalue weighted by Crippen LogP contribution is -2.45. The molecule has 6 nitrogen and oxygen atoms in total. The third kappa shape index (κ3) is 8.29. The van der Waals surface area contributed by atoms with Gasteiger partial charge in [-0.15, -0.1) is 0 Å². The Morgan fingerprint density at radius 3 is 2.19 bits per heavy atom. The molecule has 0 aliphatic heterocycles. The molecule has 0 saturated carbocycles. The molecule has 0 fully saturated rings. The van der Waals surface area contributed by atoms with E-state index in [2.05, 4.69) is 5.32 Å². The van der Waals surface area contributed by atoms with Gasteiger partial charge in [0, 0.05) is 18.6 Å². The molecule has 1 amide bonds. The van der Waals surface area contributed by atoms with E-state index in [1.165, 1.54) is 0 Å². The third-order valence-electron chi connectivity index (χ3n) is 2.79. The van der Waals surface area contributed by atoms with E-state index in [-0.39, 0.29) is 13.2 Å². The number of phenolic OH excluding ortho intramolecular Hbond substituents is 1. The second-order valence-corrected chi connectivity index (χ2v) is 5.25. The van der Waals surface area contributed by atoms with Crippen molar-refractivity contribution in [3.63, 3.8) is 0 Å². The molecule has 1 rings (SSSR count). The van der Waals surface area contributed by atoms with Crippen LogP contribution >= 0.6 is 0 Å². The van der Waals surface area contributed by atoms with E-state index in [9.17, 15) is 9.90 Å². The van der Waals surface area contributed by atoms with Gasteiger partial charge in [0.05, 0.1) is 6.61 Å². The van der Waals surface area contributed by atoms with Gasteiger partial charge in [-0.1, -0.05) is 32.0 Å². The van der Waals surface area contributed by atoms with E-state index in [1.54, 1.807) is 38.1 Å². The van der Waals surface area contributed by atoms with E-state index in [4.69, 9.17) is 15.3 Å². The molecule has 1 atom stereocenters. The number of phenols is 1. The highest BCUT2D eigenvalue weighted by Crippen LogP contribution is 2.19. The Kier molecular flexibility index (Phi) is 9.36. The second-order valence-electron chi connectivity index (χ2n) is 5.25. The van der Waals surface area contributed by atoms with Gasteiger partial charge in [-0.25, -0.2) is 0 Å². The molecule has 0 aliphatic rings. The van der Waals surface area contributed by atoms with Gasteiger partial charge in [-0.2, -0.15) is 0 Å². The van der Waals surface area contributed by atoms with Crippen LogP contribution in [0.4, 0.5) is 0 Å². The summed E-state index contributed by atoms with van der Waals surface area (Å²) in [5.41, 5.74) is -0.844. The standard InChI is InChI=1S/C9H19NO4.C6H6O/c1-9(2,6-12)7(13)8(14)10-4-3-5-11;7-6-4-2-1-3-5-6/h7,11-13H,3-6H2,1-2H3,(H,10,14);1-5,7H. The average Bonchev–Trinajstić information content (AvgIpc) is 2.48. The molecular formula is C15H25NO5. The van der Waals surface area contributed by atoms with E-state index in [1.807, 2.05) is 6.07 Å². The monoisotopic (exact) mass is 299 g/mol. The minimum Gasteiger partial charge on any atom is -0.508 e. The predicted octanol–water partition coefficient (Wildman–Crippen LogP) is 0.257. The van der Waals surface area contributed by atoms with Crippen molar-refractivity contribution in [3.8, 4) is 5.75 Å². The van der Waals surface area contributed by atoms with Crippen molar-refractivity contribution in [2.24, 2.45) is 5.41 Å². The van der Waals surface area contributed by atoms with E-state index in [0.717, 1.165) is 0 Å². The number of para-hydroxylation sites is 1. The first kappa shape index (κ1) is 19.4. The largest absolute Gasteiger partial charge is 0.508 e. The van der Waals surface area contributed by atoms with Crippen molar-refractivity contribution >= 4 is 5.91 Å². The minimum atomic E-state index is -1.23.